The molecule has 0 spiro atoms. The first-order valence-corrected chi connectivity index (χ1v) is 15.9. The average Bonchev–Trinajstić information content (AvgIpc) is 3.54. The molecule has 2 aromatic heterocycles. The lowest BCUT2D eigenvalue weighted by molar-refractivity contribution is 0.0983. The molecular weight excluding hydrogens is 548 g/mol. The summed E-state index contributed by atoms with van der Waals surface area (Å²) in [6, 6.07) is 19.9. The van der Waals surface area contributed by atoms with Crippen molar-refractivity contribution in [1.82, 2.24) is 14.5 Å². The molecule has 1 unspecified atom stereocenters. The van der Waals surface area contributed by atoms with Gasteiger partial charge in [0.05, 0.1) is 33.5 Å². The number of benzene rings is 3. The number of rotatable bonds is 7. The molecule has 40 heavy (non-hydrogen) atoms. The van der Waals surface area contributed by atoms with E-state index in [1.165, 1.54) is 24.3 Å². The molecule has 1 aliphatic heterocycles. The summed E-state index contributed by atoms with van der Waals surface area (Å²) in [5.41, 5.74) is 3.21. The highest BCUT2D eigenvalue weighted by Crippen LogP contribution is 2.39. The van der Waals surface area contributed by atoms with E-state index in [4.69, 9.17) is 14.7 Å². The quantitative estimate of drug-likeness (QED) is 0.289. The number of sulfonamides is 1. The second-order valence-electron chi connectivity index (χ2n) is 10.0. The molecule has 1 fully saturated rings. The Bertz CT molecular complexity index is 1940. The van der Waals surface area contributed by atoms with Gasteiger partial charge in [0.1, 0.15) is 16.2 Å². The summed E-state index contributed by atoms with van der Waals surface area (Å²) in [7, 11) is -8.43. The molecule has 206 valence electrons. The van der Waals surface area contributed by atoms with Crippen molar-refractivity contribution in [1.29, 1.82) is 0 Å². The predicted octanol–water partition coefficient (Wildman–Crippen LogP) is 5.01. The molecule has 6 rings (SSSR count). The zero-order valence-electron chi connectivity index (χ0n) is 22.0. The fourth-order valence-corrected chi connectivity index (χ4v) is 7.62. The van der Waals surface area contributed by atoms with Crippen molar-refractivity contribution < 1.29 is 21.6 Å². The summed E-state index contributed by atoms with van der Waals surface area (Å²) in [6.07, 6.45) is 1.38. The van der Waals surface area contributed by atoms with Gasteiger partial charge in [0.2, 0.25) is 9.84 Å². The van der Waals surface area contributed by atoms with Gasteiger partial charge in [-0.2, -0.15) is 0 Å². The second-order valence-corrected chi connectivity index (χ2v) is 13.6. The maximum atomic E-state index is 14.3. The minimum Gasteiger partial charge on any atom is -0.376 e. The molecule has 5 aromatic rings. The van der Waals surface area contributed by atoms with E-state index >= 15 is 0 Å². The smallest absolute Gasteiger partial charge is 0.263 e. The number of nitrogens with zero attached hydrogens (tertiary/aromatic N) is 3. The van der Waals surface area contributed by atoms with Crippen LogP contribution in [0.1, 0.15) is 24.0 Å². The van der Waals surface area contributed by atoms with Gasteiger partial charge in [0.25, 0.3) is 10.0 Å². The van der Waals surface area contributed by atoms with Gasteiger partial charge in [0.15, 0.2) is 5.65 Å². The fraction of sp³-hybridized carbons (Fsp3) is 0.241. The van der Waals surface area contributed by atoms with Crippen LogP contribution in [0, 0.1) is 13.8 Å². The lowest BCUT2D eigenvalue weighted by Crippen LogP contribution is -2.21. The molecule has 3 heterocycles. The monoisotopic (exact) mass is 576 g/mol. The Labute approximate surface area is 232 Å². The van der Waals surface area contributed by atoms with Crippen LogP contribution in [0.2, 0.25) is 0 Å². The molecule has 3 aromatic carbocycles. The Morgan fingerprint density at radius 1 is 0.850 bits per heavy atom. The maximum Gasteiger partial charge on any atom is 0.263 e. The molecule has 1 saturated heterocycles. The Balaban J connectivity index is 1.66. The summed E-state index contributed by atoms with van der Waals surface area (Å²) in [5.74, 6) is -0.109. The van der Waals surface area contributed by atoms with Gasteiger partial charge in [-0.05, 0) is 63.1 Å². The van der Waals surface area contributed by atoms with Gasteiger partial charge in [-0.15, -0.1) is 0 Å². The molecule has 1 atom stereocenters. The topological polar surface area (TPSA) is 120 Å². The fourth-order valence-electron chi connectivity index (χ4n) is 4.94. The van der Waals surface area contributed by atoms with Crippen LogP contribution in [0.3, 0.4) is 0 Å². The van der Waals surface area contributed by atoms with Crippen LogP contribution in [0.15, 0.2) is 87.5 Å². The van der Waals surface area contributed by atoms with Crippen LogP contribution in [0.5, 0.6) is 0 Å². The van der Waals surface area contributed by atoms with Crippen molar-refractivity contribution >= 4 is 47.9 Å². The minimum absolute atomic E-state index is 0.0109. The number of aryl methyl sites for hydroxylation is 2. The zero-order chi connectivity index (χ0) is 28.1. The minimum atomic E-state index is -4.25. The number of hydrogen-bond acceptors (Lipinski definition) is 7. The molecule has 0 bridgehead atoms. The van der Waals surface area contributed by atoms with Gasteiger partial charge >= 0.3 is 0 Å². The van der Waals surface area contributed by atoms with E-state index in [0.717, 1.165) is 24.0 Å². The number of hydrogen-bond donors (Lipinski definition) is 1. The molecule has 0 amide bonds. The molecule has 1 N–H and O–H groups in total. The third kappa shape index (κ3) is 4.74. The van der Waals surface area contributed by atoms with E-state index in [1.807, 2.05) is 19.9 Å². The molecular formula is C29H28N4O5S2. The second kappa shape index (κ2) is 9.99. The van der Waals surface area contributed by atoms with Crippen LogP contribution in [0.25, 0.3) is 22.2 Å². The molecule has 9 nitrogen and oxygen atoms in total. The van der Waals surface area contributed by atoms with E-state index < -0.39 is 19.9 Å². The Kier molecular flexibility index (Phi) is 6.60. The Morgan fingerprint density at radius 3 is 2.05 bits per heavy atom. The van der Waals surface area contributed by atoms with Gasteiger partial charge in [0, 0.05) is 6.61 Å². The van der Waals surface area contributed by atoms with Crippen molar-refractivity contribution in [3.63, 3.8) is 0 Å². The molecule has 1 aliphatic rings. The van der Waals surface area contributed by atoms with Crippen LogP contribution >= 0.6 is 0 Å². The predicted molar refractivity (Wildman–Crippen MR) is 153 cm³/mol. The number of nitrogens with one attached hydrogen (secondary N) is 1. The van der Waals surface area contributed by atoms with E-state index in [0.29, 0.717) is 17.6 Å². The normalized spacial score (nSPS) is 16.1. The molecule has 0 aliphatic carbocycles. The number of anilines is 1. The van der Waals surface area contributed by atoms with E-state index in [2.05, 4.69) is 4.72 Å². The molecule has 11 heteroatoms. The Morgan fingerprint density at radius 2 is 1.45 bits per heavy atom. The third-order valence-electron chi connectivity index (χ3n) is 7.08. The number of ether oxygens (including phenoxy) is 1. The summed E-state index contributed by atoms with van der Waals surface area (Å²) >= 11 is 0. The van der Waals surface area contributed by atoms with Crippen molar-refractivity contribution in [2.75, 3.05) is 11.3 Å². The highest BCUT2D eigenvalue weighted by atomic mass is 32.2. The van der Waals surface area contributed by atoms with Gasteiger partial charge < -0.3 is 9.30 Å². The standard InChI is InChI=1S/C29H28N4O5S2/c1-19-9-13-22(14-10-19)39(34,35)27-26-28(31-25-8-4-3-7-24(25)30-26)33(18-21-6-5-17-38-21)29(27)32-40(36,37)23-15-11-20(2)12-16-23/h3-4,7-16,21,32H,5-6,17-18H2,1-2H3. The van der Waals surface area contributed by atoms with E-state index in [9.17, 15) is 16.8 Å². The van der Waals surface area contributed by atoms with Crippen LogP contribution in [-0.4, -0.2) is 44.1 Å². The number of fused-ring (bicyclic) bond motifs is 2. The van der Waals surface area contributed by atoms with Crippen LogP contribution in [-0.2, 0) is 31.1 Å². The molecule has 0 saturated carbocycles. The van der Waals surface area contributed by atoms with Crippen molar-refractivity contribution in [3.05, 3.63) is 83.9 Å². The first-order chi connectivity index (χ1) is 19.1. The van der Waals surface area contributed by atoms with E-state index in [-0.39, 0.29) is 44.3 Å². The van der Waals surface area contributed by atoms with Crippen molar-refractivity contribution in [3.8, 4) is 0 Å². The zero-order valence-corrected chi connectivity index (χ0v) is 23.7. The first kappa shape index (κ1) is 26.4. The third-order valence-corrected chi connectivity index (χ3v) is 10.3. The Hall–Kier alpha value is -3.80. The SMILES string of the molecule is Cc1ccc(S(=O)(=O)Nc2c(S(=O)(=O)c3ccc(C)cc3)c3nc4ccccc4nc3n2CC2CCCO2)cc1. The number of aromatic nitrogens is 3. The largest absolute Gasteiger partial charge is 0.376 e. The summed E-state index contributed by atoms with van der Waals surface area (Å²) in [6.45, 7) is 4.51. The van der Waals surface area contributed by atoms with Crippen LogP contribution in [0.4, 0.5) is 5.82 Å². The first-order valence-electron chi connectivity index (χ1n) is 13.0. The lowest BCUT2D eigenvalue weighted by atomic mass is 10.2. The highest BCUT2D eigenvalue weighted by Gasteiger charge is 2.35. The van der Waals surface area contributed by atoms with Crippen molar-refractivity contribution in [2.24, 2.45) is 0 Å². The summed E-state index contributed by atoms with van der Waals surface area (Å²) in [5, 5.41) is 0. The molecule has 0 radical (unpaired) electrons. The summed E-state index contributed by atoms with van der Waals surface area (Å²) in [4.78, 5) is 9.30. The highest BCUT2D eigenvalue weighted by molar-refractivity contribution is 7.93. The lowest BCUT2D eigenvalue weighted by Gasteiger charge is -2.17. The average molecular weight is 577 g/mol. The maximum absolute atomic E-state index is 14.3. The van der Waals surface area contributed by atoms with Gasteiger partial charge in [-0.1, -0.05) is 47.5 Å². The van der Waals surface area contributed by atoms with Crippen LogP contribution < -0.4 is 4.72 Å². The summed E-state index contributed by atoms with van der Waals surface area (Å²) < 4.78 is 66.0. The number of sulfone groups is 1. The van der Waals surface area contributed by atoms with Gasteiger partial charge in [-0.3, -0.25) is 4.72 Å². The van der Waals surface area contributed by atoms with E-state index in [1.54, 1.807) is 47.0 Å². The number of para-hydroxylation sites is 2. The van der Waals surface area contributed by atoms with Crippen molar-refractivity contribution in [2.45, 2.75) is 54.0 Å². The van der Waals surface area contributed by atoms with Gasteiger partial charge in [-0.25, -0.2) is 26.8 Å².